The van der Waals surface area contributed by atoms with Gasteiger partial charge in [-0.3, -0.25) is 4.90 Å². The molecule has 0 saturated carbocycles. The zero-order valence-electron chi connectivity index (χ0n) is 12.5. The van der Waals surface area contributed by atoms with Crippen LogP contribution in [0.3, 0.4) is 0 Å². The molecule has 18 heavy (non-hydrogen) atoms. The van der Waals surface area contributed by atoms with Gasteiger partial charge in [-0.1, -0.05) is 6.42 Å². The molecule has 3 nitrogen and oxygen atoms in total. The Bertz CT molecular complexity index is 242. The van der Waals surface area contributed by atoms with E-state index < -0.39 is 0 Å². The minimum absolute atomic E-state index is 0.672. The van der Waals surface area contributed by atoms with Gasteiger partial charge in [0, 0.05) is 24.7 Å². The summed E-state index contributed by atoms with van der Waals surface area (Å²) < 4.78 is 0. The van der Waals surface area contributed by atoms with Gasteiger partial charge in [-0.2, -0.15) is 0 Å². The van der Waals surface area contributed by atoms with Crippen LogP contribution in [0.2, 0.25) is 0 Å². The van der Waals surface area contributed by atoms with Gasteiger partial charge in [0.25, 0.3) is 0 Å². The monoisotopic (exact) mass is 253 g/mol. The average Bonchev–Trinajstić information content (AvgIpc) is 2.77. The molecule has 0 amide bonds. The van der Waals surface area contributed by atoms with Crippen molar-refractivity contribution in [3.8, 4) is 0 Å². The summed E-state index contributed by atoms with van der Waals surface area (Å²) in [5.74, 6) is 0. The van der Waals surface area contributed by atoms with Crippen molar-refractivity contribution in [3.63, 3.8) is 0 Å². The normalized spacial score (nSPS) is 29.2. The summed E-state index contributed by atoms with van der Waals surface area (Å²) in [6.07, 6.45) is 6.92. The van der Waals surface area contributed by atoms with Crippen LogP contribution in [0.4, 0.5) is 0 Å². The predicted octanol–water partition coefficient (Wildman–Crippen LogP) is 1.93. The molecule has 0 radical (unpaired) electrons. The molecule has 2 aliphatic heterocycles. The number of nitrogens with zero attached hydrogens (tertiary/aromatic N) is 2. The van der Waals surface area contributed by atoms with Crippen molar-refractivity contribution in [1.29, 1.82) is 0 Å². The lowest BCUT2D eigenvalue weighted by molar-refractivity contribution is 0.179. The number of rotatable bonds is 6. The second-order valence-electron chi connectivity index (χ2n) is 6.38. The summed E-state index contributed by atoms with van der Waals surface area (Å²) in [7, 11) is 2.23. The maximum Gasteiger partial charge on any atom is 0.0249 e. The van der Waals surface area contributed by atoms with Crippen molar-refractivity contribution in [2.24, 2.45) is 0 Å². The second kappa shape index (κ2) is 6.88. The molecule has 2 unspecified atom stereocenters. The lowest BCUT2D eigenvalue weighted by Gasteiger charge is -2.32. The Morgan fingerprint density at radius 2 is 2.06 bits per heavy atom. The maximum atomic E-state index is 3.81. The zero-order chi connectivity index (χ0) is 13.0. The van der Waals surface area contributed by atoms with E-state index in [4.69, 9.17) is 0 Å². The van der Waals surface area contributed by atoms with E-state index in [0.717, 1.165) is 12.1 Å². The summed E-state index contributed by atoms with van der Waals surface area (Å²) in [6.45, 7) is 9.61. The van der Waals surface area contributed by atoms with Gasteiger partial charge in [-0.15, -0.1) is 0 Å². The molecule has 2 saturated heterocycles. The van der Waals surface area contributed by atoms with Crippen LogP contribution in [0, 0.1) is 0 Å². The third kappa shape index (κ3) is 3.69. The molecule has 0 aromatic carbocycles. The molecule has 2 fully saturated rings. The maximum absolute atomic E-state index is 3.81. The lowest BCUT2D eigenvalue weighted by Crippen LogP contribution is -2.45. The molecule has 0 aliphatic carbocycles. The molecule has 2 atom stereocenters. The van der Waals surface area contributed by atoms with Gasteiger partial charge in [-0.05, 0) is 66.2 Å². The SMILES string of the molecule is CC(C)N(C)CCCNC1CCN2CCCCC12. The Labute approximate surface area is 113 Å². The highest BCUT2D eigenvalue weighted by molar-refractivity contribution is 4.93. The molecule has 0 spiro atoms. The van der Waals surface area contributed by atoms with Gasteiger partial charge in [0.2, 0.25) is 0 Å². The predicted molar refractivity (Wildman–Crippen MR) is 78.0 cm³/mol. The number of hydrogen-bond donors (Lipinski definition) is 1. The van der Waals surface area contributed by atoms with Crippen LogP contribution < -0.4 is 5.32 Å². The molecule has 0 bridgehead atoms. The first-order valence-corrected chi connectivity index (χ1v) is 7.86. The molecular weight excluding hydrogens is 222 g/mol. The first-order valence-electron chi connectivity index (χ1n) is 7.86. The largest absolute Gasteiger partial charge is 0.312 e. The van der Waals surface area contributed by atoms with Crippen molar-refractivity contribution in [2.75, 3.05) is 33.2 Å². The fraction of sp³-hybridized carbons (Fsp3) is 1.00. The van der Waals surface area contributed by atoms with Crippen LogP contribution in [-0.4, -0.2) is 61.2 Å². The quantitative estimate of drug-likeness (QED) is 0.730. The number of fused-ring (bicyclic) bond motifs is 1. The Morgan fingerprint density at radius 1 is 1.22 bits per heavy atom. The third-order valence-electron chi connectivity index (χ3n) is 4.83. The van der Waals surface area contributed by atoms with Gasteiger partial charge in [0.05, 0.1) is 0 Å². The molecule has 106 valence electrons. The van der Waals surface area contributed by atoms with E-state index in [-0.39, 0.29) is 0 Å². The molecule has 2 aliphatic rings. The second-order valence-corrected chi connectivity index (χ2v) is 6.38. The highest BCUT2D eigenvalue weighted by Gasteiger charge is 2.34. The van der Waals surface area contributed by atoms with Crippen LogP contribution in [0.25, 0.3) is 0 Å². The van der Waals surface area contributed by atoms with Gasteiger partial charge < -0.3 is 10.2 Å². The van der Waals surface area contributed by atoms with Crippen LogP contribution in [-0.2, 0) is 0 Å². The van der Waals surface area contributed by atoms with Crippen molar-refractivity contribution < 1.29 is 0 Å². The molecule has 2 heterocycles. The molecular formula is C15H31N3. The van der Waals surface area contributed by atoms with E-state index >= 15 is 0 Å². The Balaban J connectivity index is 1.62. The number of nitrogens with one attached hydrogen (secondary N) is 1. The van der Waals surface area contributed by atoms with E-state index in [1.165, 1.54) is 58.3 Å². The van der Waals surface area contributed by atoms with E-state index in [1.807, 2.05) is 0 Å². The molecule has 0 aromatic rings. The van der Waals surface area contributed by atoms with E-state index in [0.29, 0.717) is 6.04 Å². The van der Waals surface area contributed by atoms with E-state index in [9.17, 15) is 0 Å². The topological polar surface area (TPSA) is 18.5 Å². The minimum Gasteiger partial charge on any atom is -0.312 e. The van der Waals surface area contributed by atoms with Crippen LogP contribution in [0.15, 0.2) is 0 Å². The molecule has 0 aromatic heterocycles. The van der Waals surface area contributed by atoms with Crippen LogP contribution >= 0.6 is 0 Å². The van der Waals surface area contributed by atoms with Crippen molar-refractivity contribution >= 4 is 0 Å². The van der Waals surface area contributed by atoms with Gasteiger partial charge in [0.15, 0.2) is 0 Å². The summed E-state index contributed by atoms with van der Waals surface area (Å²) in [6, 6.07) is 2.29. The van der Waals surface area contributed by atoms with Gasteiger partial charge in [0.1, 0.15) is 0 Å². The Kier molecular flexibility index (Phi) is 5.46. The Hall–Kier alpha value is -0.120. The summed E-state index contributed by atoms with van der Waals surface area (Å²) in [5.41, 5.74) is 0. The first-order chi connectivity index (χ1) is 8.68. The van der Waals surface area contributed by atoms with Crippen molar-refractivity contribution in [3.05, 3.63) is 0 Å². The molecule has 3 heteroatoms. The zero-order valence-corrected chi connectivity index (χ0v) is 12.5. The summed E-state index contributed by atoms with van der Waals surface area (Å²) in [4.78, 5) is 5.14. The van der Waals surface area contributed by atoms with Crippen LogP contribution in [0.5, 0.6) is 0 Å². The summed E-state index contributed by atoms with van der Waals surface area (Å²) >= 11 is 0. The van der Waals surface area contributed by atoms with Crippen molar-refractivity contribution in [2.45, 2.75) is 64.1 Å². The standard InChI is InChI=1S/C15H31N3/c1-13(2)17(3)10-6-9-16-14-8-12-18-11-5-4-7-15(14)18/h13-16H,4-12H2,1-3H3. The lowest BCUT2D eigenvalue weighted by atomic mass is 9.99. The van der Waals surface area contributed by atoms with E-state index in [2.05, 4.69) is 36.0 Å². The number of piperidine rings is 1. The van der Waals surface area contributed by atoms with Gasteiger partial charge in [-0.25, -0.2) is 0 Å². The highest BCUT2D eigenvalue weighted by atomic mass is 15.2. The first kappa shape index (κ1) is 14.3. The van der Waals surface area contributed by atoms with Crippen LogP contribution in [0.1, 0.15) is 46.0 Å². The van der Waals surface area contributed by atoms with E-state index in [1.54, 1.807) is 0 Å². The molecule has 1 N–H and O–H groups in total. The third-order valence-corrected chi connectivity index (χ3v) is 4.83. The molecule has 2 rings (SSSR count). The average molecular weight is 253 g/mol. The highest BCUT2D eigenvalue weighted by Crippen LogP contribution is 2.26. The smallest absolute Gasteiger partial charge is 0.0249 e. The number of hydrogen-bond acceptors (Lipinski definition) is 3. The fourth-order valence-corrected chi connectivity index (χ4v) is 3.36. The summed E-state index contributed by atoms with van der Waals surface area (Å²) in [5, 5.41) is 3.81. The Morgan fingerprint density at radius 3 is 2.83 bits per heavy atom. The van der Waals surface area contributed by atoms with Gasteiger partial charge >= 0.3 is 0 Å². The van der Waals surface area contributed by atoms with Crippen molar-refractivity contribution in [1.82, 2.24) is 15.1 Å². The fourth-order valence-electron chi connectivity index (χ4n) is 3.36. The minimum atomic E-state index is 0.672.